The Morgan fingerprint density at radius 1 is 1.24 bits per heavy atom. The lowest BCUT2D eigenvalue weighted by molar-refractivity contribution is -0.134. The van der Waals surface area contributed by atoms with Gasteiger partial charge in [-0.05, 0) is 31.0 Å². The van der Waals surface area contributed by atoms with Crippen molar-refractivity contribution in [3.05, 3.63) is 35.4 Å². The van der Waals surface area contributed by atoms with Gasteiger partial charge in [0, 0.05) is 6.54 Å². The Hall–Kier alpha value is -2.51. The van der Waals surface area contributed by atoms with Crippen molar-refractivity contribution in [2.45, 2.75) is 38.6 Å². The van der Waals surface area contributed by atoms with Crippen LogP contribution < -0.4 is 10.6 Å². The summed E-state index contributed by atoms with van der Waals surface area (Å²) in [6.07, 6.45) is 2.79. The van der Waals surface area contributed by atoms with Crippen LogP contribution in [0.4, 0.5) is 13.6 Å². The van der Waals surface area contributed by atoms with Crippen LogP contribution in [0.25, 0.3) is 0 Å². The zero-order valence-electron chi connectivity index (χ0n) is 14.2. The van der Waals surface area contributed by atoms with Crippen LogP contribution in [-0.4, -0.2) is 35.8 Å². The summed E-state index contributed by atoms with van der Waals surface area (Å²) < 4.78 is 26.6. The summed E-state index contributed by atoms with van der Waals surface area (Å²) >= 11 is 0. The summed E-state index contributed by atoms with van der Waals surface area (Å²) in [7, 11) is 0. The second kappa shape index (κ2) is 7.58. The van der Waals surface area contributed by atoms with Crippen LogP contribution in [0.3, 0.4) is 0 Å². The smallest absolute Gasteiger partial charge is 0.325 e. The molecule has 2 N–H and O–H groups in total. The Labute approximate surface area is 144 Å². The molecule has 0 aromatic heterocycles. The van der Waals surface area contributed by atoms with Gasteiger partial charge >= 0.3 is 6.03 Å². The predicted octanol–water partition coefficient (Wildman–Crippen LogP) is 2.04. The van der Waals surface area contributed by atoms with Crippen molar-refractivity contribution in [1.29, 1.82) is 0 Å². The topological polar surface area (TPSA) is 78.5 Å². The number of benzene rings is 1. The highest BCUT2D eigenvalue weighted by Crippen LogP contribution is 2.29. The van der Waals surface area contributed by atoms with Gasteiger partial charge in [-0.15, -0.1) is 0 Å². The highest BCUT2D eigenvalue weighted by atomic mass is 19.2. The van der Waals surface area contributed by atoms with E-state index in [2.05, 4.69) is 10.6 Å². The Kier molecular flexibility index (Phi) is 5.71. The average molecular weight is 353 g/mol. The third-order valence-corrected chi connectivity index (χ3v) is 4.18. The van der Waals surface area contributed by atoms with E-state index in [-0.39, 0.29) is 5.56 Å². The molecule has 1 unspecified atom stereocenters. The molecule has 1 aliphatic rings. The van der Waals surface area contributed by atoms with E-state index in [0.717, 1.165) is 36.3 Å². The van der Waals surface area contributed by atoms with Crippen LogP contribution >= 0.6 is 0 Å². The van der Waals surface area contributed by atoms with Gasteiger partial charge in [0.05, 0.1) is 0 Å². The van der Waals surface area contributed by atoms with Gasteiger partial charge < -0.3 is 10.6 Å². The monoisotopic (exact) mass is 353 g/mol. The minimum absolute atomic E-state index is 0.107. The molecule has 1 saturated heterocycles. The zero-order valence-corrected chi connectivity index (χ0v) is 14.2. The Bertz CT molecular complexity index is 696. The highest BCUT2D eigenvalue weighted by Gasteiger charge is 2.49. The molecule has 0 radical (unpaired) electrons. The number of urea groups is 1. The van der Waals surface area contributed by atoms with Crippen molar-refractivity contribution < 1.29 is 23.2 Å². The van der Waals surface area contributed by atoms with Crippen LogP contribution in [0.5, 0.6) is 0 Å². The number of hydrogen-bond acceptors (Lipinski definition) is 3. The van der Waals surface area contributed by atoms with Gasteiger partial charge in [-0.2, -0.15) is 0 Å². The quantitative estimate of drug-likeness (QED) is 0.582. The number of amides is 4. The number of rotatable bonds is 7. The van der Waals surface area contributed by atoms with Gasteiger partial charge in [-0.3, -0.25) is 14.5 Å². The molecule has 1 heterocycles. The first-order valence-electron chi connectivity index (χ1n) is 8.16. The SMILES string of the molecule is CCCCCNC(=O)CN1C(=O)NC(C)(c2ccc(F)c(F)c2)C1=O. The second-order valence-corrected chi connectivity index (χ2v) is 6.13. The van der Waals surface area contributed by atoms with Crippen LogP contribution in [-0.2, 0) is 15.1 Å². The largest absolute Gasteiger partial charge is 0.355 e. The number of halogens is 2. The average Bonchev–Trinajstić information content (AvgIpc) is 2.78. The molecule has 1 atom stereocenters. The first-order chi connectivity index (χ1) is 11.8. The van der Waals surface area contributed by atoms with Crippen molar-refractivity contribution in [3.63, 3.8) is 0 Å². The summed E-state index contributed by atoms with van der Waals surface area (Å²) in [4.78, 5) is 37.4. The standard InChI is InChI=1S/C17H21F2N3O3/c1-3-4-5-8-20-14(23)10-22-15(24)17(2,21-16(22)25)11-6-7-12(18)13(19)9-11/h6-7,9H,3-5,8,10H2,1-2H3,(H,20,23)(H,21,25). The summed E-state index contributed by atoms with van der Waals surface area (Å²) in [5, 5.41) is 5.09. The van der Waals surface area contributed by atoms with Gasteiger partial charge in [-0.1, -0.05) is 25.8 Å². The van der Waals surface area contributed by atoms with E-state index >= 15 is 0 Å². The first-order valence-corrected chi connectivity index (χ1v) is 8.16. The van der Waals surface area contributed by atoms with E-state index in [0.29, 0.717) is 6.54 Å². The Morgan fingerprint density at radius 2 is 1.96 bits per heavy atom. The van der Waals surface area contributed by atoms with E-state index in [1.54, 1.807) is 0 Å². The minimum Gasteiger partial charge on any atom is -0.355 e. The number of carbonyl (C=O) groups is 3. The lowest BCUT2D eigenvalue weighted by atomic mass is 9.92. The van der Waals surface area contributed by atoms with Gasteiger partial charge in [0.15, 0.2) is 11.6 Å². The summed E-state index contributed by atoms with van der Waals surface area (Å²) in [6, 6.07) is 2.23. The molecule has 1 aromatic carbocycles. The number of nitrogens with one attached hydrogen (secondary N) is 2. The molecule has 1 aromatic rings. The molecule has 136 valence electrons. The fraction of sp³-hybridized carbons (Fsp3) is 0.471. The lowest BCUT2D eigenvalue weighted by Gasteiger charge is -2.22. The van der Waals surface area contributed by atoms with Crippen molar-refractivity contribution in [3.8, 4) is 0 Å². The molecule has 4 amide bonds. The first kappa shape index (κ1) is 18.8. The maximum Gasteiger partial charge on any atom is 0.325 e. The fourth-order valence-electron chi connectivity index (χ4n) is 2.65. The van der Waals surface area contributed by atoms with Crippen molar-refractivity contribution >= 4 is 17.8 Å². The number of nitrogens with zero attached hydrogens (tertiary/aromatic N) is 1. The normalized spacial score (nSPS) is 19.9. The summed E-state index contributed by atoms with van der Waals surface area (Å²) in [6.45, 7) is 3.47. The van der Waals surface area contributed by atoms with E-state index in [9.17, 15) is 23.2 Å². The predicted molar refractivity (Wildman–Crippen MR) is 86.5 cm³/mol. The molecule has 1 aliphatic heterocycles. The number of unbranched alkanes of at least 4 members (excludes halogenated alkanes) is 2. The highest BCUT2D eigenvalue weighted by molar-refractivity contribution is 6.09. The zero-order chi connectivity index (χ0) is 18.6. The maximum atomic E-state index is 13.5. The molecule has 0 saturated carbocycles. The molecule has 0 aliphatic carbocycles. The minimum atomic E-state index is -1.55. The van der Waals surface area contributed by atoms with Gasteiger partial charge in [0.1, 0.15) is 12.1 Å². The van der Waals surface area contributed by atoms with E-state index in [1.165, 1.54) is 13.0 Å². The van der Waals surface area contributed by atoms with Crippen molar-refractivity contribution in [2.75, 3.05) is 13.1 Å². The van der Waals surface area contributed by atoms with E-state index in [1.807, 2.05) is 6.92 Å². The van der Waals surface area contributed by atoms with Gasteiger partial charge in [0.2, 0.25) is 5.91 Å². The van der Waals surface area contributed by atoms with Crippen LogP contribution in [0, 0.1) is 11.6 Å². The molecule has 6 nitrogen and oxygen atoms in total. The molecular formula is C17H21F2N3O3. The van der Waals surface area contributed by atoms with Gasteiger partial charge in [0.25, 0.3) is 5.91 Å². The number of carbonyl (C=O) groups excluding carboxylic acids is 3. The van der Waals surface area contributed by atoms with Crippen molar-refractivity contribution in [2.24, 2.45) is 0 Å². The summed E-state index contributed by atoms with van der Waals surface area (Å²) in [5.74, 6) is -3.30. The number of imide groups is 1. The van der Waals surface area contributed by atoms with Gasteiger partial charge in [-0.25, -0.2) is 13.6 Å². The fourth-order valence-corrected chi connectivity index (χ4v) is 2.65. The molecule has 0 spiro atoms. The Balaban J connectivity index is 2.08. The lowest BCUT2D eigenvalue weighted by Crippen LogP contribution is -2.43. The molecule has 2 rings (SSSR count). The van der Waals surface area contributed by atoms with E-state index in [4.69, 9.17) is 0 Å². The second-order valence-electron chi connectivity index (χ2n) is 6.13. The summed E-state index contributed by atoms with van der Waals surface area (Å²) in [5.41, 5.74) is -1.44. The third kappa shape index (κ3) is 3.94. The van der Waals surface area contributed by atoms with E-state index < -0.39 is 41.6 Å². The molecule has 0 bridgehead atoms. The number of hydrogen-bond donors (Lipinski definition) is 2. The van der Waals surface area contributed by atoms with Crippen LogP contribution in [0.2, 0.25) is 0 Å². The molecule has 1 fully saturated rings. The maximum absolute atomic E-state index is 13.5. The van der Waals surface area contributed by atoms with Crippen LogP contribution in [0.1, 0.15) is 38.7 Å². The Morgan fingerprint density at radius 3 is 2.60 bits per heavy atom. The van der Waals surface area contributed by atoms with Crippen molar-refractivity contribution in [1.82, 2.24) is 15.5 Å². The molecular weight excluding hydrogens is 332 g/mol. The molecule has 25 heavy (non-hydrogen) atoms. The van der Waals surface area contributed by atoms with Crippen LogP contribution in [0.15, 0.2) is 18.2 Å². The third-order valence-electron chi connectivity index (χ3n) is 4.18. The molecule has 8 heteroatoms.